The van der Waals surface area contributed by atoms with E-state index in [-0.39, 0.29) is 18.8 Å². The van der Waals surface area contributed by atoms with Crippen LogP contribution in [0.15, 0.2) is 0 Å². The quantitative estimate of drug-likeness (QED) is 0.509. The van der Waals surface area contributed by atoms with Gasteiger partial charge >= 0.3 is 5.97 Å². The van der Waals surface area contributed by atoms with Crippen LogP contribution in [0, 0.1) is 11.8 Å². The van der Waals surface area contributed by atoms with Gasteiger partial charge in [0.1, 0.15) is 0 Å². The van der Waals surface area contributed by atoms with Crippen molar-refractivity contribution in [2.24, 2.45) is 11.8 Å². The molecular formula is C12H19NO7S. The van der Waals surface area contributed by atoms with Crippen LogP contribution < -0.4 is 0 Å². The molecule has 1 rings (SSSR count). The lowest BCUT2D eigenvalue weighted by atomic mass is 10.1. The SMILES string of the molecule is COS(=O)(=O)C(CC(C)C)C(=O)ON1C(=O)CC(C)C1=O. The third-order valence-electron chi connectivity index (χ3n) is 3.04. The van der Waals surface area contributed by atoms with E-state index < -0.39 is 39.1 Å². The Hall–Kier alpha value is -1.48. The molecule has 0 spiro atoms. The maximum atomic E-state index is 12.0. The molecule has 0 aromatic heterocycles. The zero-order chi connectivity index (χ0) is 16.4. The van der Waals surface area contributed by atoms with Crippen LogP contribution in [-0.2, 0) is 33.5 Å². The molecule has 9 heteroatoms. The van der Waals surface area contributed by atoms with Gasteiger partial charge in [0.2, 0.25) is 0 Å². The minimum absolute atomic E-state index is 0.0409. The summed E-state index contributed by atoms with van der Waals surface area (Å²) in [5.74, 6) is -3.24. The number of nitrogens with zero attached hydrogens (tertiary/aromatic N) is 1. The van der Waals surface area contributed by atoms with E-state index in [2.05, 4.69) is 4.18 Å². The van der Waals surface area contributed by atoms with Crippen molar-refractivity contribution in [3.63, 3.8) is 0 Å². The fraction of sp³-hybridized carbons (Fsp3) is 0.750. The standard InChI is InChI=1S/C12H19NO7S/c1-7(2)5-9(21(17,18)19-4)12(16)20-13-10(14)6-8(3)11(13)15/h7-9H,5-6H2,1-4H3. The first kappa shape index (κ1) is 17.6. The second kappa shape index (κ2) is 6.52. The number of hydrogen-bond donors (Lipinski definition) is 0. The van der Waals surface area contributed by atoms with Gasteiger partial charge in [-0.05, 0) is 12.3 Å². The minimum atomic E-state index is -4.17. The molecule has 2 atom stereocenters. The average molecular weight is 321 g/mol. The van der Waals surface area contributed by atoms with Crippen molar-refractivity contribution in [1.82, 2.24) is 5.06 Å². The summed E-state index contributed by atoms with van der Waals surface area (Å²) < 4.78 is 27.9. The number of amides is 2. The summed E-state index contributed by atoms with van der Waals surface area (Å²) in [7, 11) is -3.23. The zero-order valence-electron chi connectivity index (χ0n) is 12.4. The smallest absolute Gasteiger partial charge is 0.329 e. The monoisotopic (exact) mass is 321 g/mol. The highest BCUT2D eigenvalue weighted by Crippen LogP contribution is 2.22. The molecular weight excluding hydrogens is 302 g/mol. The second-order valence-electron chi connectivity index (χ2n) is 5.32. The number of carbonyl (C=O) groups is 3. The lowest BCUT2D eigenvalue weighted by Crippen LogP contribution is -2.41. The van der Waals surface area contributed by atoms with Gasteiger partial charge in [0.25, 0.3) is 21.9 Å². The third kappa shape index (κ3) is 4.01. The number of hydrogen-bond acceptors (Lipinski definition) is 7. The van der Waals surface area contributed by atoms with E-state index in [9.17, 15) is 22.8 Å². The van der Waals surface area contributed by atoms with Gasteiger partial charge in [-0.1, -0.05) is 20.8 Å². The molecule has 1 aliphatic rings. The Bertz CT molecular complexity index is 540. The molecule has 1 fully saturated rings. The average Bonchev–Trinajstić information content (AvgIpc) is 2.62. The van der Waals surface area contributed by atoms with Crippen molar-refractivity contribution in [2.75, 3.05) is 7.11 Å². The minimum Gasteiger partial charge on any atom is -0.329 e. The largest absolute Gasteiger partial charge is 0.353 e. The topological polar surface area (TPSA) is 107 Å². The Morgan fingerprint density at radius 3 is 2.33 bits per heavy atom. The van der Waals surface area contributed by atoms with Crippen LogP contribution in [0.3, 0.4) is 0 Å². The van der Waals surface area contributed by atoms with E-state index in [1.54, 1.807) is 13.8 Å². The Morgan fingerprint density at radius 2 is 1.95 bits per heavy atom. The number of carbonyl (C=O) groups excluding carboxylic acids is 3. The van der Waals surface area contributed by atoms with Crippen LogP contribution >= 0.6 is 0 Å². The number of hydroxylamine groups is 2. The van der Waals surface area contributed by atoms with Gasteiger partial charge in [0.15, 0.2) is 5.25 Å². The van der Waals surface area contributed by atoms with Crippen molar-refractivity contribution in [3.8, 4) is 0 Å². The molecule has 2 unspecified atom stereocenters. The van der Waals surface area contributed by atoms with E-state index in [0.29, 0.717) is 5.06 Å². The summed E-state index contributed by atoms with van der Waals surface area (Å²) in [6, 6.07) is 0. The van der Waals surface area contributed by atoms with Gasteiger partial charge in [-0.15, -0.1) is 5.06 Å². The fourth-order valence-corrected chi connectivity index (χ4v) is 3.01. The van der Waals surface area contributed by atoms with Crippen LogP contribution in [-0.4, -0.2) is 43.6 Å². The highest BCUT2D eigenvalue weighted by Gasteiger charge is 2.43. The van der Waals surface area contributed by atoms with Crippen LogP contribution in [0.2, 0.25) is 0 Å². The van der Waals surface area contributed by atoms with Crippen LogP contribution in [0.25, 0.3) is 0 Å². The Kier molecular flexibility index (Phi) is 5.46. The lowest BCUT2D eigenvalue weighted by molar-refractivity contribution is -0.198. The molecule has 0 N–H and O–H groups in total. The van der Waals surface area contributed by atoms with Crippen molar-refractivity contribution >= 4 is 27.9 Å². The first-order valence-corrected chi connectivity index (χ1v) is 7.95. The normalized spacial score (nSPS) is 21.0. The van der Waals surface area contributed by atoms with Crippen molar-refractivity contribution in [2.45, 2.75) is 38.9 Å². The first-order chi connectivity index (χ1) is 9.60. The van der Waals surface area contributed by atoms with E-state index in [4.69, 9.17) is 4.84 Å². The van der Waals surface area contributed by atoms with Gasteiger partial charge < -0.3 is 4.84 Å². The molecule has 0 bridgehead atoms. The molecule has 2 amide bonds. The van der Waals surface area contributed by atoms with Crippen molar-refractivity contribution in [3.05, 3.63) is 0 Å². The number of rotatable bonds is 6. The highest BCUT2D eigenvalue weighted by atomic mass is 32.2. The van der Waals surface area contributed by atoms with Gasteiger partial charge in [-0.2, -0.15) is 8.42 Å². The summed E-state index contributed by atoms with van der Waals surface area (Å²) in [6.45, 7) is 4.96. The maximum absolute atomic E-state index is 12.0. The van der Waals surface area contributed by atoms with Crippen LogP contribution in [0.5, 0.6) is 0 Å². The molecule has 0 aliphatic carbocycles. The van der Waals surface area contributed by atoms with Crippen LogP contribution in [0.1, 0.15) is 33.6 Å². The summed E-state index contributed by atoms with van der Waals surface area (Å²) in [4.78, 5) is 39.9. The molecule has 120 valence electrons. The van der Waals surface area contributed by atoms with Crippen molar-refractivity contribution < 1.29 is 31.8 Å². The Balaban J connectivity index is 2.92. The Morgan fingerprint density at radius 1 is 1.38 bits per heavy atom. The van der Waals surface area contributed by atoms with E-state index in [1.165, 1.54) is 6.92 Å². The maximum Gasteiger partial charge on any atom is 0.353 e. The molecule has 0 saturated carbocycles. The van der Waals surface area contributed by atoms with Gasteiger partial charge in [-0.25, -0.2) is 4.79 Å². The number of imide groups is 1. The summed E-state index contributed by atoms with van der Waals surface area (Å²) >= 11 is 0. The Labute approximate surface area is 123 Å². The lowest BCUT2D eigenvalue weighted by Gasteiger charge is -2.19. The predicted molar refractivity (Wildman–Crippen MR) is 70.9 cm³/mol. The van der Waals surface area contributed by atoms with Gasteiger partial charge in [-0.3, -0.25) is 13.8 Å². The molecule has 21 heavy (non-hydrogen) atoms. The fourth-order valence-electron chi connectivity index (χ4n) is 1.88. The molecule has 1 heterocycles. The molecule has 8 nitrogen and oxygen atoms in total. The van der Waals surface area contributed by atoms with E-state index in [0.717, 1.165) is 7.11 Å². The van der Waals surface area contributed by atoms with E-state index >= 15 is 0 Å². The summed E-state index contributed by atoms with van der Waals surface area (Å²) in [5.41, 5.74) is 0. The molecule has 0 aromatic carbocycles. The van der Waals surface area contributed by atoms with Gasteiger partial charge in [0.05, 0.1) is 7.11 Å². The molecule has 1 saturated heterocycles. The zero-order valence-corrected chi connectivity index (χ0v) is 13.2. The highest BCUT2D eigenvalue weighted by molar-refractivity contribution is 7.88. The first-order valence-electron chi connectivity index (χ1n) is 6.48. The molecule has 0 radical (unpaired) electrons. The second-order valence-corrected chi connectivity index (χ2v) is 7.21. The summed E-state index contributed by atoms with van der Waals surface area (Å²) in [5, 5.41) is -1.25. The van der Waals surface area contributed by atoms with E-state index in [1.807, 2.05) is 0 Å². The predicted octanol–water partition coefficient (Wildman–Crippen LogP) is 0.230. The van der Waals surface area contributed by atoms with Crippen molar-refractivity contribution in [1.29, 1.82) is 0 Å². The molecule has 1 aliphatic heterocycles. The van der Waals surface area contributed by atoms with Crippen LogP contribution in [0.4, 0.5) is 0 Å². The molecule has 0 aromatic rings. The summed E-state index contributed by atoms with van der Waals surface area (Å²) in [6.07, 6.45) is -0.112. The van der Waals surface area contributed by atoms with Gasteiger partial charge in [0, 0.05) is 12.3 Å². The third-order valence-corrected chi connectivity index (χ3v) is 4.59.